The van der Waals surface area contributed by atoms with Gasteiger partial charge in [0.25, 0.3) is 0 Å². The standard InChI is InChI=1S/C23H20ClN3O2/c1-2-28-18-14-12-17(13-15-18)25-21(16-8-4-3-5-9-16)23-27-26-22(29-23)19-10-6-7-11-20(19)24/h3-15,21,25H,2H2,1H3. The summed E-state index contributed by atoms with van der Waals surface area (Å²) >= 11 is 6.28. The van der Waals surface area contributed by atoms with Crippen molar-refractivity contribution in [3.63, 3.8) is 0 Å². The van der Waals surface area contributed by atoms with Gasteiger partial charge in [0, 0.05) is 5.69 Å². The van der Waals surface area contributed by atoms with Gasteiger partial charge in [-0.25, -0.2) is 0 Å². The minimum absolute atomic E-state index is 0.308. The van der Waals surface area contributed by atoms with Crippen molar-refractivity contribution in [3.05, 3.63) is 95.3 Å². The lowest BCUT2D eigenvalue weighted by atomic mass is 10.1. The molecule has 1 N–H and O–H groups in total. The lowest BCUT2D eigenvalue weighted by Crippen LogP contribution is -2.12. The van der Waals surface area contributed by atoms with E-state index >= 15 is 0 Å². The quantitative estimate of drug-likeness (QED) is 0.409. The van der Waals surface area contributed by atoms with Crippen molar-refractivity contribution < 1.29 is 9.15 Å². The van der Waals surface area contributed by atoms with Crippen molar-refractivity contribution >= 4 is 17.3 Å². The number of nitrogens with one attached hydrogen (secondary N) is 1. The number of ether oxygens (including phenoxy) is 1. The van der Waals surface area contributed by atoms with Crippen LogP contribution in [0.25, 0.3) is 11.5 Å². The van der Waals surface area contributed by atoms with Crippen LogP contribution in [0.5, 0.6) is 5.75 Å². The van der Waals surface area contributed by atoms with Crippen molar-refractivity contribution in [2.75, 3.05) is 11.9 Å². The normalized spacial score (nSPS) is 11.8. The molecule has 1 unspecified atom stereocenters. The monoisotopic (exact) mass is 405 g/mol. The Bertz CT molecular complexity index is 1060. The zero-order valence-corrected chi connectivity index (χ0v) is 16.6. The molecule has 29 heavy (non-hydrogen) atoms. The molecule has 0 aliphatic carbocycles. The highest BCUT2D eigenvalue weighted by atomic mass is 35.5. The average Bonchev–Trinajstić information content (AvgIpc) is 3.24. The summed E-state index contributed by atoms with van der Waals surface area (Å²) in [5, 5.41) is 12.5. The number of benzene rings is 3. The zero-order valence-electron chi connectivity index (χ0n) is 15.9. The molecule has 4 aromatic rings. The Morgan fingerprint density at radius 1 is 0.931 bits per heavy atom. The number of hydrogen-bond donors (Lipinski definition) is 1. The van der Waals surface area contributed by atoms with Gasteiger partial charge in [-0.15, -0.1) is 10.2 Å². The third-order valence-electron chi connectivity index (χ3n) is 4.40. The van der Waals surface area contributed by atoms with Crippen molar-refractivity contribution in [3.8, 4) is 17.2 Å². The fourth-order valence-electron chi connectivity index (χ4n) is 3.01. The molecule has 0 aliphatic rings. The SMILES string of the molecule is CCOc1ccc(NC(c2ccccc2)c2nnc(-c3ccccc3Cl)o2)cc1. The van der Waals surface area contributed by atoms with E-state index in [1.165, 1.54) is 0 Å². The summed E-state index contributed by atoms with van der Waals surface area (Å²) in [4.78, 5) is 0. The van der Waals surface area contributed by atoms with Crippen LogP contribution < -0.4 is 10.1 Å². The minimum atomic E-state index is -0.308. The Labute approximate surface area is 174 Å². The first kappa shape index (κ1) is 19.0. The van der Waals surface area contributed by atoms with E-state index < -0.39 is 0 Å². The van der Waals surface area contributed by atoms with E-state index in [-0.39, 0.29) is 6.04 Å². The molecule has 0 saturated carbocycles. The van der Waals surface area contributed by atoms with Gasteiger partial charge in [0.2, 0.25) is 11.8 Å². The zero-order chi connectivity index (χ0) is 20.1. The van der Waals surface area contributed by atoms with E-state index in [0.29, 0.717) is 29.0 Å². The molecule has 1 atom stereocenters. The number of anilines is 1. The van der Waals surface area contributed by atoms with Gasteiger partial charge in [0.1, 0.15) is 11.8 Å². The fraction of sp³-hybridized carbons (Fsp3) is 0.130. The molecule has 4 rings (SSSR count). The maximum atomic E-state index is 6.28. The summed E-state index contributed by atoms with van der Waals surface area (Å²) in [7, 11) is 0. The molecule has 146 valence electrons. The topological polar surface area (TPSA) is 60.2 Å². The van der Waals surface area contributed by atoms with Crippen LogP contribution in [-0.4, -0.2) is 16.8 Å². The van der Waals surface area contributed by atoms with E-state index in [9.17, 15) is 0 Å². The molecule has 5 nitrogen and oxygen atoms in total. The summed E-state index contributed by atoms with van der Waals surface area (Å²) in [5.74, 6) is 1.67. The van der Waals surface area contributed by atoms with Crippen LogP contribution in [-0.2, 0) is 0 Å². The van der Waals surface area contributed by atoms with Gasteiger partial charge in [-0.05, 0) is 48.9 Å². The maximum Gasteiger partial charge on any atom is 0.249 e. The van der Waals surface area contributed by atoms with Gasteiger partial charge in [-0.3, -0.25) is 0 Å². The number of rotatable bonds is 7. The molecule has 1 aromatic heterocycles. The van der Waals surface area contributed by atoms with Gasteiger partial charge >= 0.3 is 0 Å². The third kappa shape index (κ3) is 4.41. The molecule has 6 heteroatoms. The predicted octanol–water partition coefficient (Wildman–Crippen LogP) is 5.99. The lowest BCUT2D eigenvalue weighted by molar-refractivity contribution is 0.340. The first-order chi connectivity index (χ1) is 14.2. The van der Waals surface area contributed by atoms with E-state index in [1.54, 1.807) is 6.07 Å². The van der Waals surface area contributed by atoms with Crippen molar-refractivity contribution in [1.82, 2.24) is 10.2 Å². The Kier molecular flexibility index (Phi) is 5.77. The largest absolute Gasteiger partial charge is 0.494 e. The second-order valence-corrected chi connectivity index (χ2v) is 6.78. The highest BCUT2D eigenvalue weighted by Gasteiger charge is 2.22. The lowest BCUT2D eigenvalue weighted by Gasteiger charge is -2.17. The summed E-state index contributed by atoms with van der Waals surface area (Å²) in [6.45, 7) is 2.59. The predicted molar refractivity (Wildman–Crippen MR) is 114 cm³/mol. The molecular formula is C23H20ClN3O2. The van der Waals surface area contributed by atoms with Gasteiger partial charge in [-0.1, -0.05) is 54.1 Å². The van der Waals surface area contributed by atoms with Crippen LogP contribution in [0.3, 0.4) is 0 Å². The molecule has 0 amide bonds. The van der Waals surface area contributed by atoms with Crippen molar-refractivity contribution in [2.45, 2.75) is 13.0 Å². The highest BCUT2D eigenvalue weighted by Crippen LogP contribution is 2.31. The van der Waals surface area contributed by atoms with Crippen molar-refractivity contribution in [1.29, 1.82) is 0 Å². The second kappa shape index (κ2) is 8.80. The minimum Gasteiger partial charge on any atom is -0.494 e. The molecule has 0 bridgehead atoms. The number of aromatic nitrogens is 2. The van der Waals surface area contributed by atoms with Gasteiger partial charge < -0.3 is 14.5 Å². The smallest absolute Gasteiger partial charge is 0.249 e. The Morgan fingerprint density at radius 3 is 2.38 bits per heavy atom. The van der Waals surface area contributed by atoms with Crippen LogP contribution in [0.4, 0.5) is 5.69 Å². The fourth-order valence-corrected chi connectivity index (χ4v) is 3.23. The van der Waals surface area contributed by atoms with E-state index in [0.717, 1.165) is 17.0 Å². The van der Waals surface area contributed by atoms with E-state index in [1.807, 2.05) is 79.7 Å². The summed E-state index contributed by atoms with van der Waals surface area (Å²) in [6.07, 6.45) is 0. The Balaban J connectivity index is 1.66. The molecule has 0 aliphatic heterocycles. The second-order valence-electron chi connectivity index (χ2n) is 6.37. The number of hydrogen-bond acceptors (Lipinski definition) is 5. The first-order valence-corrected chi connectivity index (χ1v) is 9.75. The van der Waals surface area contributed by atoms with E-state index in [2.05, 4.69) is 15.5 Å². The van der Waals surface area contributed by atoms with Crippen LogP contribution in [0, 0.1) is 0 Å². The average molecular weight is 406 g/mol. The molecule has 0 fully saturated rings. The number of halogens is 1. The van der Waals surface area contributed by atoms with Gasteiger partial charge in [-0.2, -0.15) is 0 Å². The van der Waals surface area contributed by atoms with Gasteiger partial charge in [0.05, 0.1) is 17.2 Å². The maximum absolute atomic E-state index is 6.28. The van der Waals surface area contributed by atoms with Crippen molar-refractivity contribution in [2.24, 2.45) is 0 Å². The Morgan fingerprint density at radius 2 is 1.66 bits per heavy atom. The van der Waals surface area contributed by atoms with Crippen LogP contribution >= 0.6 is 11.6 Å². The molecule has 1 heterocycles. The Hall–Kier alpha value is -3.31. The molecule has 0 spiro atoms. The molecular weight excluding hydrogens is 386 g/mol. The summed E-state index contributed by atoms with van der Waals surface area (Å²) < 4.78 is 11.5. The van der Waals surface area contributed by atoms with Gasteiger partial charge in [0.15, 0.2) is 0 Å². The molecule has 0 radical (unpaired) electrons. The highest BCUT2D eigenvalue weighted by molar-refractivity contribution is 6.33. The number of nitrogens with zero attached hydrogens (tertiary/aromatic N) is 2. The molecule has 3 aromatic carbocycles. The van der Waals surface area contributed by atoms with Crippen LogP contribution in [0.15, 0.2) is 83.3 Å². The molecule has 0 saturated heterocycles. The first-order valence-electron chi connectivity index (χ1n) is 9.37. The van der Waals surface area contributed by atoms with E-state index in [4.69, 9.17) is 20.8 Å². The van der Waals surface area contributed by atoms with Crippen LogP contribution in [0.1, 0.15) is 24.4 Å². The summed E-state index contributed by atoms with van der Waals surface area (Å²) in [5.41, 5.74) is 2.64. The third-order valence-corrected chi connectivity index (χ3v) is 4.73. The summed E-state index contributed by atoms with van der Waals surface area (Å²) in [6, 6.07) is 24.9. The van der Waals surface area contributed by atoms with Crippen LogP contribution in [0.2, 0.25) is 5.02 Å².